The van der Waals surface area contributed by atoms with E-state index in [1.807, 2.05) is 20.8 Å². The van der Waals surface area contributed by atoms with E-state index in [0.29, 0.717) is 11.3 Å². The van der Waals surface area contributed by atoms with Gasteiger partial charge in [-0.05, 0) is 58.7 Å². The first-order chi connectivity index (χ1) is 10.9. The van der Waals surface area contributed by atoms with Crippen molar-refractivity contribution in [2.75, 3.05) is 5.73 Å². The second-order valence-electron chi connectivity index (χ2n) is 7.65. The van der Waals surface area contributed by atoms with Crippen molar-refractivity contribution in [3.05, 3.63) is 29.3 Å². The van der Waals surface area contributed by atoms with Crippen molar-refractivity contribution >= 4 is 17.7 Å². The Morgan fingerprint density at radius 1 is 1.04 bits per heavy atom. The van der Waals surface area contributed by atoms with Crippen molar-refractivity contribution in [2.24, 2.45) is 0 Å². The zero-order chi connectivity index (χ0) is 18.5. The van der Waals surface area contributed by atoms with Crippen molar-refractivity contribution in [1.82, 2.24) is 5.32 Å². The first-order valence-electron chi connectivity index (χ1n) is 7.92. The van der Waals surface area contributed by atoms with Crippen LogP contribution in [0.1, 0.15) is 52.7 Å². The number of amides is 1. The van der Waals surface area contributed by atoms with Gasteiger partial charge < -0.3 is 20.5 Å². The van der Waals surface area contributed by atoms with Gasteiger partial charge in [-0.15, -0.1) is 0 Å². The highest BCUT2D eigenvalue weighted by molar-refractivity contribution is 5.75. The van der Waals surface area contributed by atoms with Crippen LogP contribution in [0.4, 0.5) is 10.5 Å². The Labute approximate surface area is 143 Å². The molecule has 0 aliphatic carbocycles. The van der Waals surface area contributed by atoms with Gasteiger partial charge in [0.05, 0.1) is 6.42 Å². The molecule has 1 aromatic rings. The third-order valence-corrected chi connectivity index (χ3v) is 2.80. The number of alkyl carbamates (subject to hydrolysis) is 1. The van der Waals surface area contributed by atoms with E-state index in [0.717, 1.165) is 5.56 Å². The second kappa shape index (κ2) is 7.55. The molecule has 0 heterocycles. The van der Waals surface area contributed by atoms with Gasteiger partial charge >= 0.3 is 12.1 Å². The molecule has 0 saturated heterocycles. The van der Waals surface area contributed by atoms with Crippen LogP contribution in [0.3, 0.4) is 0 Å². The van der Waals surface area contributed by atoms with Crippen LogP contribution in [0.2, 0.25) is 0 Å². The van der Waals surface area contributed by atoms with Crippen molar-refractivity contribution in [2.45, 2.75) is 65.7 Å². The van der Waals surface area contributed by atoms with Crippen LogP contribution in [0.25, 0.3) is 0 Å². The van der Waals surface area contributed by atoms with Gasteiger partial charge in [0.2, 0.25) is 0 Å². The number of carbonyl (C=O) groups is 2. The standard InChI is InChI=1S/C18H28N2O4/c1-17(2,3)23-15(21)10-13-9-12(7-8-14(13)19)11-20-16(22)24-18(4,5)6/h7-9H,10-11,19H2,1-6H3,(H,20,22). The molecule has 0 fully saturated rings. The summed E-state index contributed by atoms with van der Waals surface area (Å²) in [6.07, 6.45) is -0.406. The van der Waals surface area contributed by atoms with Crippen molar-refractivity contribution in [3.8, 4) is 0 Å². The maximum Gasteiger partial charge on any atom is 0.407 e. The van der Waals surface area contributed by atoms with Crippen LogP contribution < -0.4 is 11.1 Å². The smallest absolute Gasteiger partial charge is 0.407 e. The highest BCUT2D eigenvalue weighted by atomic mass is 16.6. The van der Waals surface area contributed by atoms with E-state index >= 15 is 0 Å². The van der Waals surface area contributed by atoms with Gasteiger partial charge in [0.1, 0.15) is 11.2 Å². The molecule has 6 nitrogen and oxygen atoms in total. The fourth-order valence-corrected chi connectivity index (χ4v) is 1.94. The molecule has 0 spiro atoms. The monoisotopic (exact) mass is 336 g/mol. The molecular weight excluding hydrogens is 308 g/mol. The minimum absolute atomic E-state index is 0.0867. The number of nitrogen functional groups attached to an aromatic ring is 1. The number of esters is 1. The summed E-state index contributed by atoms with van der Waals surface area (Å²) in [6, 6.07) is 5.30. The van der Waals surface area contributed by atoms with E-state index in [-0.39, 0.29) is 18.9 Å². The van der Waals surface area contributed by atoms with E-state index in [4.69, 9.17) is 15.2 Å². The lowest BCUT2D eigenvalue weighted by molar-refractivity contribution is -0.153. The summed E-state index contributed by atoms with van der Waals surface area (Å²) in [5.41, 5.74) is 6.85. The summed E-state index contributed by atoms with van der Waals surface area (Å²) in [5, 5.41) is 2.68. The van der Waals surface area contributed by atoms with Crippen LogP contribution in [0.5, 0.6) is 0 Å². The highest BCUT2D eigenvalue weighted by Crippen LogP contribution is 2.17. The van der Waals surface area contributed by atoms with E-state index < -0.39 is 17.3 Å². The van der Waals surface area contributed by atoms with Crippen molar-refractivity contribution in [3.63, 3.8) is 0 Å². The Hall–Kier alpha value is -2.24. The Morgan fingerprint density at radius 2 is 1.62 bits per heavy atom. The van der Waals surface area contributed by atoms with E-state index in [1.165, 1.54) is 0 Å². The summed E-state index contributed by atoms with van der Waals surface area (Å²) >= 11 is 0. The minimum Gasteiger partial charge on any atom is -0.460 e. The summed E-state index contributed by atoms with van der Waals surface area (Å²) in [6.45, 7) is 11.1. The number of hydrogen-bond acceptors (Lipinski definition) is 5. The number of nitrogens with one attached hydrogen (secondary N) is 1. The Balaban J connectivity index is 2.69. The van der Waals surface area contributed by atoms with Gasteiger partial charge in [-0.2, -0.15) is 0 Å². The molecule has 3 N–H and O–H groups in total. The second-order valence-corrected chi connectivity index (χ2v) is 7.65. The van der Waals surface area contributed by atoms with Crippen LogP contribution in [0, 0.1) is 0 Å². The molecule has 0 unspecified atom stereocenters. The molecule has 0 atom stereocenters. The highest BCUT2D eigenvalue weighted by Gasteiger charge is 2.18. The fourth-order valence-electron chi connectivity index (χ4n) is 1.94. The van der Waals surface area contributed by atoms with Crippen LogP contribution in [-0.4, -0.2) is 23.3 Å². The molecule has 0 bridgehead atoms. The topological polar surface area (TPSA) is 90.6 Å². The number of benzene rings is 1. The molecule has 134 valence electrons. The number of ether oxygens (including phenoxy) is 2. The Bertz CT molecular complexity index is 598. The maximum absolute atomic E-state index is 11.9. The molecule has 1 rings (SSSR count). The normalized spacial score (nSPS) is 11.8. The van der Waals surface area contributed by atoms with E-state index in [1.54, 1.807) is 39.0 Å². The fraction of sp³-hybridized carbons (Fsp3) is 0.556. The predicted molar refractivity (Wildman–Crippen MR) is 93.5 cm³/mol. The molecular formula is C18H28N2O4. The van der Waals surface area contributed by atoms with E-state index in [2.05, 4.69) is 5.32 Å². The first-order valence-corrected chi connectivity index (χ1v) is 7.92. The molecule has 1 amide bonds. The average Bonchev–Trinajstić information content (AvgIpc) is 2.35. The lowest BCUT2D eigenvalue weighted by Crippen LogP contribution is -2.32. The zero-order valence-electron chi connectivity index (χ0n) is 15.4. The molecule has 0 aliphatic rings. The van der Waals surface area contributed by atoms with Crippen LogP contribution in [-0.2, 0) is 27.2 Å². The molecule has 0 radical (unpaired) electrons. The van der Waals surface area contributed by atoms with Gasteiger partial charge in [0.25, 0.3) is 0 Å². The molecule has 24 heavy (non-hydrogen) atoms. The molecule has 0 aromatic heterocycles. The van der Waals surface area contributed by atoms with Crippen molar-refractivity contribution in [1.29, 1.82) is 0 Å². The molecule has 1 aromatic carbocycles. The number of hydrogen-bond donors (Lipinski definition) is 2. The predicted octanol–water partition coefficient (Wildman–Crippen LogP) is 3.18. The van der Waals surface area contributed by atoms with Gasteiger partial charge in [-0.25, -0.2) is 4.79 Å². The number of rotatable bonds is 4. The van der Waals surface area contributed by atoms with Crippen LogP contribution >= 0.6 is 0 Å². The third-order valence-electron chi connectivity index (χ3n) is 2.80. The van der Waals surface area contributed by atoms with Crippen molar-refractivity contribution < 1.29 is 19.1 Å². The third kappa shape index (κ3) is 7.85. The van der Waals surface area contributed by atoms with Gasteiger partial charge in [0.15, 0.2) is 0 Å². The summed E-state index contributed by atoms with van der Waals surface area (Å²) in [7, 11) is 0. The maximum atomic E-state index is 11.9. The minimum atomic E-state index is -0.549. The lowest BCUT2D eigenvalue weighted by Gasteiger charge is -2.20. The molecule has 6 heteroatoms. The Morgan fingerprint density at radius 3 is 2.17 bits per heavy atom. The average molecular weight is 336 g/mol. The van der Waals surface area contributed by atoms with Gasteiger partial charge in [-0.1, -0.05) is 12.1 Å². The summed E-state index contributed by atoms with van der Waals surface area (Å²) in [4.78, 5) is 23.6. The van der Waals surface area contributed by atoms with Crippen LogP contribution in [0.15, 0.2) is 18.2 Å². The number of nitrogens with two attached hydrogens (primary N) is 1. The molecule has 0 aliphatic heterocycles. The quantitative estimate of drug-likeness (QED) is 0.651. The lowest BCUT2D eigenvalue weighted by atomic mass is 10.1. The Kier molecular flexibility index (Phi) is 6.23. The number of carbonyl (C=O) groups excluding carboxylic acids is 2. The largest absolute Gasteiger partial charge is 0.460 e. The van der Waals surface area contributed by atoms with E-state index in [9.17, 15) is 9.59 Å². The van der Waals surface area contributed by atoms with Gasteiger partial charge in [-0.3, -0.25) is 4.79 Å². The zero-order valence-corrected chi connectivity index (χ0v) is 15.4. The summed E-state index contributed by atoms with van der Waals surface area (Å²) in [5.74, 6) is -0.341. The molecule has 0 saturated carbocycles. The summed E-state index contributed by atoms with van der Waals surface area (Å²) < 4.78 is 10.5. The first kappa shape index (κ1) is 19.8. The SMILES string of the molecule is CC(C)(C)OC(=O)Cc1cc(CNC(=O)OC(C)(C)C)ccc1N. The number of anilines is 1. The van der Waals surface area contributed by atoms with Gasteiger partial charge in [0, 0.05) is 12.2 Å².